The maximum Gasteiger partial charge on any atom is 0.112 e. The average molecular weight is 286 g/mol. The molecule has 2 heteroatoms. The summed E-state index contributed by atoms with van der Waals surface area (Å²) in [5.41, 5.74) is 2.31. The first kappa shape index (κ1) is 11.9. The highest BCUT2D eigenvalue weighted by Gasteiger charge is 2.21. The fourth-order valence-electron chi connectivity index (χ4n) is 1.93. The Morgan fingerprint density at radius 3 is 1.59 bits per heavy atom. The zero-order valence-corrected chi connectivity index (χ0v) is 10.8. The summed E-state index contributed by atoms with van der Waals surface area (Å²) >= 11 is 3.46. The standard InChI is InChI=1S/C15H12BrN/c16-14(11-17)15(12-7-3-1-4-8-12)13-9-5-2-6-10-13/h1-10,14-15H. The van der Waals surface area contributed by atoms with Crippen molar-refractivity contribution in [3.63, 3.8) is 0 Å². The molecule has 2 aromatic carbocycles. The summed E-state index contributed by atoms with van der Waals surface area (Å²) in [5.74, 6) is 0.0717. The highest BCUT2D eigenvalue weighted by molar-refractivity contribution is 9.09. The van der Waals surface area contributed by atoms with Crippen molar-refractivity contribution in [1.29, 1.82) is 5.26 Å². The van der Waals surface area contributed by atoms with E-state index in [9.17, 15) is 0 Å². The summed E-state index contributed by atoms with van der Waals surface area (Å²) in [6, 6.07) is 22.5. The lowest BCUT2D eigenvalue weighted by molar-refractivity contribution is 0.863. The second-order valence-corrected chi connectivity index (χ2v) is 4.82. The van der Waals surface area contributed by atoms with Crippen LogP contribution in [-0.4, -0.2) is 4.83 Å². The summed E-state index contributed by atoms with van der Waals surface area (Å²) in [6.07, 6.45) is 0. The maximum absolute atomic E-state index is 9.13. The summed E-state index contributed by atoms with van der Waals surface area (Å²) in [5, 5.41) is 9.13. The van der Waals surface area contributed by atoms with E-state index in [4.69, 9.17) is 5.26 Å². The van der Waals surface area contributed by atoms with Gasteiger partial charge in [-0.1, -0.05) is 76.6 Å². The lowest BCUT2D eigenvalue weighted by atomic mass is 9.89. The van der Waals surface area contributed by atoms with E-state index in [1.807, 2.05) is 36.4 Å². The van der Waals surface area contributed by atoms with Gasteiger partial charge in [0, 0.05) is 5.92 Å². The van der Waals surface area contributed by atoms with E-state index >= 15 is 0 Å². The molecule has 17 heavy (non-hydrogen) atoms. The summed E-state index contributed by atoms with van der Waals surface area (Å²) in [6.45, 7) is 0. The van der Waals surface area contributed by atoms with E-state index in [1.165, 1.54) is 0 Å². The smallest absolute Gasteiger partial charge is 0.112 e. The SMILES string of the molecule is N#CC(Br)C(c1ccccc1)c1ccccc1. The molecule has 0 bridgehead atoms. The molecule has 84 valence electrons. The van der Waals surface area contributed by atoms with E-state index in [-0.39, 0.29) is 10.7 Å². The first-order valence-corrected chi connectivity index (χ1v) is 6.38. The zero-order chi connectivity index (χ0) is 12.1. The summed E-state index contributed by atoms with van der Waals surface area (Å²) in [7, 11) is 0. The van der Waals surface area contributed by atoms with Gasteiger partial charge < -0.3 is 0 Å². The van der Waals surface area contributed by atoms with Crippen molar-refractivity contribution in [2.75, 3.05) is 0 Å². The van der Waals surface area contributed by atoms with Crippen LogP contribution < -0.4 is 0 Å². The van der Waals surface area contributed by atoms with Crippen LogP contribution in [0.1, 0.15) is 17.0 Å². The molecule has 0 N–H and O–H groups in total. The Kier molecular flexibility index (Phi) is 3.95. The molecule has 0 spiro atoms. The molecule has 0 aromatic heterocycles. The van der Waals surface area contributed by atoms with Gasteiger partial charge in [-0.3, -0.25) is 0 Å². The number of benzene rings is 2. The molecule has 0 aliphatic rings. The summed E-state index contributed by atoms with van der Waals surface area (Å²) in [4.78, 5) is -0.215. The predicted octanol–water partition coefficient (Wildman–Crippen LogP) is 4.11. The molecule has 0 amide bonds. The molecule has 1 nitrogen and oxygen atoms in total. The number of nitriles is 1. The maximum atomic E-state index is 9.13. The highest BCUT2D eigenvalue weighted by Crippen LogP contribution is 2.31. The van der Waals surface area contributed by atoms with Crippen molar-refractivity contribution in [2.45, 2.75) is 10.7 Å². The second kappa shape index (κ2) is 5.65. The van der Waals surface area contributed by atoms with E-state index in [1.54, 1.807) is 0 Å². The quantitative estimate of drug-likeness (QED) is 0.779. The molecule has 0 saturated carbocycles. The fourth-order valence-corrected chi connectivity index (χ4v) is 2.54. The first-order valence-electron chi connectivity index (χ1n) is 5.46. The Morgan fingerprint density at radius 2 is 1.24 bits per heavy atom. The van der Waals surface area contributed by atoms with Gasteiger partial charge in [0.2, 0.25) is 0 Å². The third-order valence-corrected chi connectivity index (χ3v) is 3.47. The molecule has 0 aliphatic carbocycles. The Morgan fingerprint density at radius 1 is 0.824 bits per heavy atom. The number of nitrogens with zero attached hydrogens (tertiary/aromatic N) is 1. The normalized spacial score (nSPS) is 12.1. The molecule has 0 heterocycles. The van der Waals surface area contributed by atoms with Crippen LogP contribution in [-0.2, 0) is 0 Å². The minimum Gasteiger partial charge on any atom is -0.197 e. The number of hydrogen-bond donors (Lipinski definition) is 0. The van der Waals surface area contributed by atoms with Crippen LogP contribution in [0.5, 0.6) is 0 Å². The van der Waals surface area contributed by atoms with Gasteiger partial charge in [0.15, 0.2) is 0 Å². The van der Waals surface area contributed by atoms with Crippen molar-refractivity contribution in [1.82, 2.24) is 0 Å². The molecule has 2 rings (SSSR count). The van der Waals surface area contributed by atoms with Crippen LogP contribution in [0.25, 0.3) is 0 Å². The van der Waals surface area contributed by atoms with Crippen molar-refractivity contribution in [3.8, 4) is 6.07 Å². The average Bonchev–Trinajstić information content (AvgIpc) is 2.41. The topological polar surface area (TPSA) is 23.8 Å². The first-order chi connectivity index (χ1) is 8.33. The predicted molar refractivity (Wildman–Crippen MR) is 73.1 cm³/mol. The monoisotopic (exact) mass is 285 g/mol. The molecule has 2 aromatic rings. The molecule has 0 fully saturated rings. The van der Waals surface area contributed by atoms with Crippen LogP contribution in [0.3, 0.4) is 0 Å². The van der Waals surface area contributed by atoms with Crippen LogP contribution in [0.4, 0.5) is 0 Å². The summed E-state index contributed by atoms with van der Waals surface area (Å²) < 4.78 is 0. The van der Waals surface area contributed by atoms with Crippen LogP contribution >= 0.6 is 15.9 Å². The Hall–Kier alpha value is -1.59. The minimum absolute atomic E-state index is 0.0717. The van der Waals surface area contributed by atoms with Gasteiger partial charge in [-0.15, -0.1) is 0 Å². The molecule has 1 unspecified atom stereocenters. The van der Waals surface area contributed by atoms with Gasteiger partial charge in [0.1, 0.15) is 4.83 Å². The van der Waals surface area contributed by atoms with Crippen LogP contribution in [0, 0.1) is 11.3 Å². The van der Waals surface area contributed by atoms with Crippen molar-refractivity contribution >= 4 is 15.9 Å². The number of alkyl halides is 1. The highest BCUT2D eigenvalue weighted by atomic mass is 79.9. The van der Waals surface area contributed by atoms with Crippen LogP contribution in [0.2, 0.25) is 0 Å². The Bertz CT molecular complexity index is 462. The van der Waals surface area contributed by atoms with Crippen molar-refractivity contribution in [2.24, 2.45) is 0 Å². The fraction of sp³-hybridized carbons (Fsp3) is 0.133. The lowest BCUT2D eigenvalue weighted by Crippen LogP contribution is -2.12. The molecule has 0 saturated heterocycles. The molecular formula is C15H12BrN. The van der Waals surface area contributed by atoms with Gasteiger partial charge in [-0.25, -0.2) is 0 Å². The van der Waals surface area contributed by atoms with Crippen molar-refractivity contribution in [3.05, 3.63) is 71.8 Å². The number of rotatable bonds is 3. The lowest BCUT2D eigenvalue weighted by Gasteiger charge is -2.18. The molecule has 0 aliphatic heterocycles. The largest absolute Gasteiger partial charge is 0.197 e. The third kappa shape index (κ3) is 2.75. The van der Waals surface area contributed by atoms with E-state index in [0.717, 1.165) is 11.1 Å². The van der Waals surface area contributed by atoms with Gasteiger partial charge in [-0.2, -0.15) is 5.26 Å². The second-order valence-electron chi connectivity index (χ2n) is 3.83. The van der Waals surface area contributed by atoms with E-state index in [2.05, 4.69) is 46.3 Å². The molecular weight excluding hydrogens is 274 g/mol. The van der Waals surface area contributed by atoms with E-state index in [0.29, 0.717) is 0 Å². The Labute approximate surface area is 110 Å². The zero-order valence-electron chi connectivity index (χ0n) is 9.25. The minimum atomic E-state index is -0.215. The van der Waals surface area contributed by atoms with Gasteiger partial charge in [-0.05, 0) is 11.1 Å². The van der Waals surface area contributed by atoms with Crippen molar-refractivity contribution < 1.29 is 0 Å². The van der Waals surface area contributed by atoms with E-state index < -0.39 is 0 Å². The Balaban J connectivity index is 2.44. The van der Waals surface area contributed by atoms with Gasteiger partial charge in [0.25, 0.3) is 0 Å². The third-order valence-electron chi connectivity index (χ3n) is 2.73. The van der Waals surface area contributed by atoms with Crippen LogP contribution in [0.15, 0.2) is 60.7 Å². The number of hydrogen-bond acceptors (Lipinski definition) is 1. The number of halogens is 1. The molecule has 1 atom stereocenters. The van der Waals surface area contributed by atoms with Gasteiger partial charge >= 0.3 is 0 Å². The molecule has 0 radical (unpaired) electrons. The van der Waals surface area contributed by atoms with Gasteiger partial charge in [0.05, 0.1) is 6.07 Å².